The molecule has 2 fully saturated rings. The highest BCUT2D eigenvalue weighted by atomic mass is 19.4. The van der Waals surface area contributed by atoms with Gasteiger partial charge in [0, 0.05) is 19.0 Å². The first-order valence-electron chi connectivity index (χ1n) is 11.2. The second-order valence-corrected chi connectivity index (χ2v) is 8.91. The van der Waals surface area contributed by atoms with Crippen LogP contribution in [0.1, 0.15) is 29.2 Å². The highest BCUT2D eigenvalue weighted by molar-refractivity contribution is 6.61. The quantitative estimate of drug-likeness (QED) is 0.522. The number of nitrogens with zero attached hydrogens (tertiary/aromatic N) is 1. The highest BCUT2D eigenvalue weighted by Crippen LogP contribution is 2.51. The summed E-state index contributed by atoms with van der Waals surface area (Å²) in [5.41, 5.74) is 1.02. The molecule has 0 amide bonds. The van der Waals surface area contributed by atoms with Crippen LogP contribution in [-0.4, -0.2) is 32.2 Å². The average Bonchev–Trinajstić information content (AvgIpc) is 2.84. The van der Waals surface area contributed by atoms with Crippen LogP contribution in [-0.2, 0) is 21.1 Å². The summed E-state index contributed by atoms with van der Waals surface area (Å²) in [4.78, 5) is 2.26. The molecule has 0 N–H and O–H groups in total. The number of benzene rings is 3. The van der Waals surface area contributed by atoms with Gasteiger partial charge < -0.3 is 14.2 Å². The third-order valence-electron chi connectivity index (χ3n) is 6.80. The van der Waals surface area contributed by atoms with Crippen LogP contribution >= 0.6 is 0 Å². The lowest BCUT2D eigenvalue weighted by Crippen LogP contribution is -2.61. The van der Waals surface area contributed by atoms with Gasteiger partial charge in [-0.1, -0.05) is 84.9 Å². The Morgan fingerprint density at radius 3 is 2.33 bits per heavy atom. The third-order valence-corrected chi connectivity index (χ3v) is 6.80. The van der Waals surface area contributed by atoms with Crippen LogP contribution in [0.4, 0.5) is 13.2 Å². The average molecular weight is 451 g/mol. The minimum atomic E-state index is -4.43. The molecule has 3 aromatic carbocycles. The van der Waals surface area contributed by atoms with Crippen molar-refractivity contribution >= 4 is 12.6 Å². The predicted molar refractivity (Wildman–Crippen MR) is 122 cm³/mol. The van der Waals surface area contributed by atoms with Gasteiger partial charge in [0.2, 0.25) is 0 Å². The van der Waals surface area contributed by atoms with Gasteiger partial charge >= 0.3 is 13.3 Å². The number of alkyl halides is 3. The van der Waals surface area contributed by atoms with E-state index in [9.17, 15) is 13.2 Å². The van der Waals surface area contributed by atoms with E-state index >= 15 is 0 Å². The van der Waals surface area contributed by atoms with Gasteiger partial charge in [-0.2, -0.15) is 13.2 Å². The van der Waals surface area contributed by atoms with Gasteiger partial charge in [-0.15, -0.1) is 0 Å². The van der Waals surface area contributed by atoms with Gasteiger partial charge in [0.1, 0.15) is 0 Å². The predicted octanol–water partition coefficient (Wildman–Crippen LogP) is 5.04. The maximum Gasteiger partial charge on any atom is 0.495 e. The van der Waals surface area contributed by atoms with Crippen LogP contribution in [0.25, 0.3) is 0 Å². The highest BCUT2D eigenvalue weighted by Gasteiger charge is 2.55. The molecule has 0 bridgehead atoms. The molecule has 2 aliphatic rings. The number of piperidine rings is 1. The van der Waals surface area contributed by atoms with Gasteiger partial charge in [0.25, 0.3) is 0 Å². The lowest BCUT2D eigenvalue weighted by atomic mass is 9.65. The molecule has 2 saturated heterocycles. The maximum atomic E-state index is 13.4. The first-order chi connectivity index (χ1) is 15.9. The van der Waals surface area contributed by atoms with Crippen molar-refractivity contribution in [2.45, 2.75) is 24.3 Å². The molecule has 0 spiro atoms. The van der Waals surface area contributed by atoms with E-state index in [0.717, 1.165) is 42.8 Å². The fourth-order valence-corrected chi connectivity index (χ4v) is 5.16. The number of likely N-dealkylation sites (tertiary alicyclic amines) is 1. The van der Waals surface area contributed by atoms with Gasteiger partial charge in [0.05, 0.1) is 17.3 Å². The zero-order valence-electron chi connectivity index (χ0n) is 18.3. The van der Waals surface area contributed by atoms with Crippen molar-refractivity contribution in [2.75, 3.05) is 20.1 Å². The number of hydrogen-bond acceptors (Lipinski definition) is 3. The van der Waals surface area contributed by atoms with Crippen molar-refractivity contribution in [3.05, 3.63) is 102 Å². The molecular weight excluding hydrogens is 426 g/mol. The van der Waals surface area contributed by atoms with E-state index < -0.39 is 24.5 Å². The third kappa shape index (κ3) is 4.21. The molecule has 0 radical (unpaired) electrons. The second kappa shape index (κ2) is 8.63. The lowest BCUT2D eigenvalue weighted by Gasteiger charge is -2.54. The van der Waals surface area contributed by atoms with E-state index in [2.05, 4.69) is 24.1 Å². The zero-order chi connectivity index (χ0) is 23.1. The van der Waals surface area contributed by atoms with Crippen molar-refractivity contribution in [1.29, 1.82) is 0 Å². The van der Waals surface area contributed by atoms with Gasteiger partial charge in [0.15, 0.2) is 0 Å². The largest absolute Gasteiger partial charge is 0.495 e. The van der Waals surface area contributed by atoms with Crippen LogP contribution in [0.15, 0.2) is 84.9 Å². The number of fused-ring (bicyclic) bond motifs is 1. The van der Waals surface area contributed by atoms with Gasteiger partial charge in [-0.3, -0.25) is 0 Å². The van der Waals surface area contributed by atoms with Crippen LogP contribution in [0.5, 0.6) is 0 Å². The van der Waals surface area contributed by atoms with Crippen molar-refractivity contribution in [2.24, 2.45) is 5.92 Å². The minimum absolute atomic E-state index is 0.0249. The molecule has 3 aromatic rings. The first kappa shape index (κ1) is 22.2. The molecule has 0 saturated carbocycles. The number of rotatable bonds is 3. The molecule has 2 aliphatic heterocycles. The van der Waals surface area contributed by atoms with E-state index in [1.54, 1.807) is 6.07 Å². The lowest BCUT2D eigenvalue weighted by molar-refractivity contribution is -0.147. The molecule has 0 aromatic heterocycles. The zero-order valence-corrected chi connectivity index (χ0v) is 18.3. The van der Waals surface area contributed by atoms with E-state index in [1.807, 2.05) is 48.5 Å². The van der Waals surface area contributed by atoms with Crippen molar-refractivity contribution in [3.63, 3.8) is 0 Å². The molecule has 3 unspecified atom stereocenters. The Balaban J connectivity index is 1.64. The Labute approximate surface area is 192 Å². The molecule has 7 heteroatoms. The molecule has 33 heavy (non-hydrogen) atoms. The smallest absolute Gasteiger partial charge is 0.400 e. The Morgan fingerprint density at radius 2 is 1.64 bits per heavy atom. The summed E-state index contributed by atoms with van der Waals surface area (Å²) in [7, 11) is 1.16. The molecular formula is C26H25BF3NO2. The van der Waals surface area contributed by atoms with Crippen molar-refractivity contribution < 1.29 is 22.5 Å². The molecule has 2 heterocycles. The standard InChI is InChI=1S/C26H25BF3NO2/c1-31-16-15-25(20-11-6-3-7-12-20)23(18-31)24(19-9-4-2-5-10-19)32-27(33-25)22-14-8-13-21(17-22)26(28,29)30/h2-14,17,23-24H,15-16,18H2,1H3. The molecule has 0 aliphatic carbocycles. The number of halogens is 3. The van der Waals surface area contributed by atoms with Crippen LogP contribution in [0.3, 0.4) is 0 Å². The molecule has 5 rings (SSSR count). The van der Waals surface area contributed by atoms with Crippen molar-refractivity contribution in [3.8, 4) is 0 Å². The van der Waals surface area contributed by atoms with Crippen LogP contribution < -0.4 is 5.46 Å². The topological polar surface area (TPSA) is 21.7 Å². The van der Waals surface area contributed by atoms with Crippen LogP contribution in [0.2, 0.25) is 0 Å². The van der Waals surface area contributed by atoms with Gasteiger partial charge in [-0.25, -0.2) is 0 Å². The first-order valence-corrected chi connectivity index (χ1v) is 11.2. The Morgan fingerprint density at radius 1 is 0.939 bits per heavy atom. The molecule has 170 valence electrons. The summed E-state index contributed by atoms with van der Waals surface area (Å²) in [6, 6.07) is 25.2. The van der Waals surface area contributed by atoms with E-state index in [0.29, 0.717) is 5.46 Å². The Kier molecular flexibility index (Phi) is 5.81. The summed E-state index contributed by atoms with van der Waals surface area (Å²) in [5.74, 6) is -0.0249. The number of hydrogen-bond donors (Lipinski definition) is 0. The Bertz CT molecular complexity index is 1100. The van der Waals surface area contributed by atoms with E-state index in [4.69, 9.17) is 9.31 Å². The fraction of sp³-hybridized carbons (Fsp3) is 0.308. The Hall–Kier alpha value is -2.61. The minimum Gasteiger partial charge on any atom is -0.400 e. The SMILES string of the molecule is CN1CCC2(c3ccccc3)OB(c3cccc(C(F)(F)F)c3)OC(c3ccccc3)C2C1. The van der Waals surface area contributed by atoms with Gasteiger partial charge in [-0.05, 0) is 30.1 Å². The summed E-state index contributed by atoms with van der Waals surface area (Å²) in [5, 5.41) is 0. The van der Waals surface area contributed by atoms with Crippen LogP contribution in [0, 0.1) is 5.92 Å². The molecule has 3 nitrogen and oxygen atoms in total. The fourth-order valence-electron chi connectivity index (χ4n) is 5.16. The van der Waals surface area contributed by atoms with E-state index in [-0.39, 0.29) is 12.0 Å². The summed E-state index contributed by atoms with van der Waals surface area (Å²) in [6.45, 7) is 1.58. The monoisotopic (exact) mass is 451 g/mol. The summed E-state index contributed by atoms with van der Waals surface area (Å²) in [6.07, 6.45) is -4.04. The second-order valence-electron chi connectivity index (χ2n) is 8.91. The molecule has 3 atom stereocenters. The normalized spacial score (nSPS) is 26.1. The summed E-state index contributed by atoms with van der Waals surface area (Å²) >= 11 is 0. The van der Waals surface area contributed by atoms with Crippen molar-refractivity contribution in [1.82, 2.24) is 4.90 Å². The van der Waals surface area contributed by atoms with E-state index in [1.165, 1.54) is 6.07 Å². The maximum absolute atomic E-state index is 13.4. The summed E-state index contributed by atoms with van der Waals surface area (Å²) < 4.78 is 53.5.